The lowest BCUT2D eigenvalue weighted by Gasteiger charge is -2.07. The number of amides is 1. The van der Waals surface area contributed by atoms with E-state index in [1.807, 2.05) is 0 Å². The summed E-state index contributed by atoms with van der Waals surface area (Å²) in [6, 6.07) is 3.37. The number of hydrogen-bond acceptors (Lipinski definition) is 6. The molecule has 0 spiro atoms. The lowest BCUT2D eigenvalue weighted by atomic mass is 10.4. The van der Waals surface area contributed by atoms with E-state index in [1.54, 1.807) is 12.1 Å². The predicted molar refractivity (Wildman–Crippen MR) is 61.6 cm³/mol. The average molecular weight is 225 g/mol. The molecule has 16 heavy (non-hydrogen) atoms. The molecule has 0 aromatic carbocycles. The summed E-state index contributed by atoms with van der Waals surface area (Å²) in [6.07, 6.45) is 0. The molecule has 0 aliphatic carbocycles. The summed E-state index contributed by atoms with van der Waals surface area (Å²) in [5.41, 5.74) is 16.4. The number of anilines is 3. The number of nitrogens with zero attached hydrogens (tertiary/aromatic N) is 1. The maximum Gasteiger partial charge on any atom is 0.243 e. The molecule has 0 fully saturated rings. The first kappa shape index (κ1) is 12.1. The molecular weight excluding hydrogens is 210 g/mol. The first-order valence-corrected chi connectivity index (χ1v) is 4.71. The van der Waals surface area contributed by atoms with Crippen molar-refractivity contribution in [1.82, 2.24) is 4.98 Å². The van der Waals surface area contributed by atoms with Crippen molar-refractivity contribution in [3.05, 3.63) is 12.1 Å². The quantitative estimate of drug-likeness (QED) is 0.467. The Morgan fingerprint density at radius 1 is 1.44 bits per heavy atom. The molecule has 0 unspecified atom stereocenters. The minimum Gasteiger partial charge on any atom is -0.396 e. The van der Waals surface area contributed by atoms with Gasteiger partial charge in [-0.15, -0.1) is 0 Å². The normalized spacial score (nSPS) is 10.0. The third-order valence-electron chi connectivity index (χ3n) is 1.75. The van der Waals surface area contributed by atoms with Gasteiger partial charge in [-0.1, -0.05) is 0 Å². The molecular formula is C9H15N5O2. The molecule has 0 saturated carbocycles. The van der Waals surface area contributed by atoms with Gasteiger partial charge in [0.15, 0.2) is 0 Å². The second kappa shape index (κ2) is 5.76. The van der Waals surface area contributed by atoms with E-state index in [-0.39, 0.29) is 12.4 Å². The van der Waals surface area contributed by atoms with Crippen LogP contribution >= 0.6 is 0 Å². The number of primary amides is 1. The zero-order chi connectivity index (χ0) is 12.0. The van der Waals surface area contributed by atoms with Crippen LogP contribution in [0.1, 0.15) is 0 Å². The molecule has 0 aliphatic rings. The van der Waals surface area contributed by atoms with E-state index in [9.17, 15) is 4.79 Å². The van der Waals surface area contributed by atoms with Crippen LogP contribution in [0.25, 0.3) is 0 Å². The Kier molecular flexibility index (Phi) is 4.34. The summed E-state index contributed by atoms with van der Waals surface area (Å²) in [6.45, 7) is 0.775. The molecule has 0 saturated heterocycles. The Hall–Kier alpha value is -2.02. The van der Waals surface area contributed by atoms with E-state index in [2.05, 4.69) is 10.3 Å². The van der Waals surface area contributed by atoms with Crippen molar-refractivity contribution in [1.29, 1.82) is 0 Å². The fourth-order valence-corrected chi connectivity index (χ4v) is 1.01. The first-order valence-electron chi connectivity index (χ1n) is 4.71. The summed E-state index contributed by atoms with van der Waals surface area (Å²) in [7, 11) is 0. The van der Waals surface area contributed by atoms with Crippen molar-refractivity contribution in [2.24, 2.45) is 5.73 Å². The lowest BCUT2D eigenvalue weighted by molar-refractivity contribution is -0.122. The van der Waals surface area contributed by atoms with Gasteiger partial charge in [0, 0.05) is 6.54 Å². The SMILES string of the molecule is NC(=O)COCCNc1ccc(N)c(N)n1. The highest BCUT2D eigenvalue weighted by molar-refractivity contribution is 5.74. The Labute approximate surface area is 93.0 Å². The van der Waals surface area contributed by atoms with Crippen LogP contribution in [0.2, 0.25) is 0 Å². The van der Waals surface area contributed by atoms with E-state index in [4.69, 9.17) is 21.9 Å². The minimum absolute atomic E-state index is 0.0843. The molecule has 1 rings (SSSR count). The molecule has 88 valence electrons. The van der Waals surface area contributed by atoms with Gasteiger partial charge >= 0.3 is 0 Å². The zero-order valence-corrected chi connectivity index (χ0v) is 8.77. The minimum atomic E-state index is -0.491. The van der Waals surface area contributed by atoms with Gasteiger partial charge in [0.1, 0.15) is 18.2 Å². The molecule has 7 heteroatoms. The molecule has 0 bridgehead atoms. The standard InChI is InChI=1S/C9H15N5O2/c10-6-1-2-8(14-9(6)12)13-3-4-16-5-7(11)15/h1-2H,3-5,10H2,(H2,11,15)(H3,12,13,14). The van der Waals surface area contributed by atoms with Crippen LogP contribution in [-0.4, -0.2) is 30.6 Å². The van der Waals surface area contributed by atoms with Gasteiger partial charge in [-0.3, -0.25) is 4.79 Å². The van der Waals surface area contributed by atoms with Crippen molar-refractivity contribution in [2.45, 2.75) is 0 Å². The molecule has 7 nitrogen and oxygen atoms in total. The predicted octanol–water partition coefficient (Wildman–Crippen LogP) is -0.840. The second-order valence-corrected chi connectivity index (χ2v) is 3.12. The van der Waals surface area contributed by atoms with Gasteiger partial charge in [-0.25, -0.2) is 4.98 Å². The van der Waals surface area contributed by atoms with Crippen molar-refractivity contribution in [3.63, 3.8) is 0 Å². The molecule has 1 aromatic rings. The van der Waals surface area contributed by atoms with Gasteiger partial charge in [-0.05, 0) is 12.1 Å². The average Bonchev–Trinajstić information content (AvgIpc) is 2.22. The fourth-order valence-electron chi connectivity index (χ4n) is 1.01. The first-order chi connectivity index (χ1) is 7.59. The number of ether oxygens (including phenoxy) is 1. The number of carbonyl (C=O) groups excluding carboxylic acids is 1. The van der Waals surface area contributed by atoms with Crippen molar-refractivity contribution < 1.29 is 9.53 Å². The highest BCUT2D eigenvalue weighted by Gasteiger charge is 1.98. The zero-order valence-electron chi connectivity index (χ0n) is 8.77. The van der Waals surface area contributed by atoms with Gasteiger partial charge < -0.3 is 27.3 Å². The van der Waals surface area contributed by atoms with Gasteiger partial charge in [-0.2, -0.15) is 0 Å². The Balaban J connectivity index is 2.27. The largest absolute Gasteiger partial charge is 0.396 e. The highest BCUT2D eigenvalue weighted by Crippen LogP contribution is 2.13. The van der Waals surface area contributed by atoms with Crippen LogP contribution in [-0.2, 0) is 9.53 Å². The van der Waals surface area contributed by atoms with Crippen molar-refractivity contribution in [2.75, 3.05) is 36.5 Å². The molecule has 1 heterocycles. The van der Waals surface area contributed by atoms with Crippen molar-refractivity contribution in [3.8, 4) is 0 Å². The second-order valence-electron chi connectivity index (χ2n) is 3.12. The number of pyridine rings is 1. The number of nitrogen functional groups attached to an aromatic ring is 2. The van der Waals surface area contributed by atoms with Crippen LogP contribution < -0.4 is 22.5 Å². The number of carbonyl (C=O) groups is 1. The van der Waals surface area contributed by atoms with Gasteiger partial charge in [0.2, 0.25) is 5.91 Å². The summed E-state index contributed by atoms with van der Waals surface area (Å²) < 4.78 is 4.95. The van der Waals surface area contributed by atoms with E-state index in [0.717, 1.165) is 0 Å². The Morgan fingerprint density at radius 2 is 2.19 bits per heavy atom. The van der Waals surface area contributed by atoms with E-state index in [0.29, 0.717) is 24.7 Å². The van der Waals surface area contributed by atoms with Crippen molar-refractivity contribution >= 4 is 23.2 Å². The van der Waals surface area contributed by atoms with E-state index >= 15 is 0 Å². The highest BCUT2D eigenvalue weighted by atomic mass is 16.5. The maximum atomic E-state index is 10.3. The lowest BCUT2D eigenvalue weighted by Crippen LogP contribution is -2.20. The molecule has 0 aliphatic heterocycles. The fraction of sp³-hybridized carbons (Fsp3) is 0.333. The smallest absolute Gasteiger partial charge is 0.243 e. The van der Waals surface area contributed by atoms with Gasteiger partial charge in [0.05, 0.1) is 12.3 Å². The van der Waals surface area contributed by atoms with Crippen LogP contribution in [0, 0.1) is 0 Å². The molecule has 0 atom stereocenters. The Bertz CT molecular complexity index is 369. The number of aromatic nitrogens is 1. The van der Waals surface area contributed by atoms with Crippen LogP contribution in [0.5, 0.6) is 0 Å². The van der Waals surface area contributed by atoms with Crippen LogP contribution in [0.15, 0.2) is 12.1 Å². The Morgan fingerprint density at radius 3 is 2.81 bits per heavy atom. The van der Waals surface area contributed by atoms with Crippen LogP contribution in [0.3, 0.4) is 0 Å². The molecule has 0 radical (unpaired) electrons. The van der Waals surface area contributed by atoms with Gasteiger partial charge in [0.25, 0.3) is 0 Å². The maximum absolute atomic E-state index is 10.3. The van der Waals surface area contributed by atoms with E-state index < -0.39 is 5.91 Å². The number of nitrogens with one attached hydrogen (secondary N) is 1. The third-order valence-corrected chi connectivity index (χ3v) is 1.75. The number of nitrogens with two attached hydrogens (primary N) is 3. The molecule has 1 amide bonds. The summed E-state index contributed by atoms with van der Waals surface area (Å²) in [5.74, 6) is 0.396. The summed E-state index contributed by atoms with van der Waals surface area (Å²) in [5, 5.41) is 2.96. The third kappa shape index (κ3) is 4.01. The molecule has 7 N–H and O–H groups in total. The number of rotatable bonds is 6. The molecule has 1 aromatic heterocycles. The van der Waals surface area contributed by atoms with Crippen LogP contribution in [0.4, 0.5) is 17.3 Å². The summed E-state index contributed by atoms with van der Waals surface area (Å²) in [4.78, 5) is 14.3. The summed E-state index contributed by atoms with van der Waals surface area (Å²) >= 11 is 0. The van der Waals surface area contributed by atoms with E-state index in [1.165, 1.54) is 0 Å². The number of hydrogen-bond donors (Lipinski definition) is 4. The topological polar surface area (TPSA) is 129 Å². The monoisotopic (exact) mass is 225 g/mol.